The number of likely N-dealkylation sites (tertiary alicyclic amines) is 1. The highest BCUT2D eigenvalue weighted by Crippen LogP contribution is 2.18. The molecule has 1 aliphatic rings. The summed E-state index contributed by atoms with van der Waals surface area (Å²) in [5.41, 5.74) is 3.87. The second-order valence-electron chi connectivity index (χ2n) is 6.72. The van der Waals surface area contributed by atoms with Crippen LogP contribution in [-0.4, -0.2) is 39.7 Å². The van der Waals surface area contributed by atoms with E-state index in [-0.39, 0.29) is 18.4 Å². The molecule has 1 aromatic carbocycles. The summed E-state index contributed by atoms with van der Waals surface area (Å²) in [7, 11) is 0. The first-order valence-corrected chi connectivity index (χ1v) is 10.00. The van der Waals surface area contributed by atoms with Gasteiger partial charge >= 0.3 is 0 Å². The summed E-state index contributed by atoms with van der Waals surface area (Å²) < 4.78 is 0. The van der Waals surface area contributed by atoms with Crippen LogP contribution in [0.3, 0.4) is 0 Å². The Kier molecular flexibility index (Phi) is 6.39. The Morgan fingerprint density at radius 3 is 2.73 bits per heavy atom. The molecule has 0 aliphatic carbocycles. The van der Waals surface area contributed by atoms with Gasteiger partial charge in [0.2, 0.25) is 11.8 Å². The maximum Gasteiger partial charge on any atom is 0.242 e. The van der Waals surface area contributed by atoms with Gasteiger partial charge in [0.1, 0.15) is 0 Å². The molecule has 0 bridgehead atoms. The van der Waals surface area contributed by atoms with Gasteiger partial charge in [-0.2, -0.15) is 0 Å². The highest BCUT2D eigenvalue weighted by atomic mass is 32.1. The number of amides is 2. The predicted molar refractivity (Wildman–Crippen MR) is 103 cm³/mol. The van der Waals surface area contributed by atoms with Gasteiger partial charge in [-0.1, -0.05) is 36.8 Å². The normalized spacial score (nSPS) is 15.0. The number of thiazole rings is 1. The molecule has 0 unspecified atom stereocenters. The van der Waals surface area contributed by atoms with E-state index < -0.39 is 0 Å². The molecule has 138 valence electrons. The van der Waals surface area contributed by atoms with Crippen molar-refractivity contribution in [3.63, 3.8) is 0 Å². The van der Waals surface area contributed by atoms with Crippen LogP contribution in [0.25, 0.3) is 0 Å². The maximum absolute atomic E-state index is 13.0. The minimum absolute atomic E-state index is 0.00287. The average molecular weight is 372 g/mol. The number of nitrogens with zero attached hydrogens (tertiary/aromatic N) is 3. The number of aryl methyl sites for hydroxylation is 1. The van der Waals surface area contributed by atoms with Crippen LogP contribution in [0.15, 0.2) is 35.8 Å². The lowest BCUT2D eigenvalue weighted by molar-refractivity contribution is -0.140. The summed E-state index contributed by atoms with van der Waals surface area (Å²) in [6.45, 7) is 3.90. The Morgan fingerprint density at radius 1 is 1.19 bits per heavy atom. The summed E-state index contributed by atoms with van der Waals surface area (Å²) in [5.74, 6) is 0.0985. The van der Waals surface area contributed by atoms with Gasteiger partial charge < -0.3 is 9.80 Å². The minimum Gasteiger partial charge on any atom is -0.333 e. The van der Waals surface area contributed by atoms with E-state index in [1.54, 1.807) is 16.2 Å². The summed E-state index contributed by atoms with van der Waals surface area (Å²) in [6.07, 6.45) is 3.52. The second-order valence-corrected chi connectivity index (χ2v) is 7.66. The summed E-state index contributed by atoms with van der Waals surface area (Å²) in [6, 6.07) is 9.98. The molecule has 2 heterocycles. The Morgan fingerprint density at radius 2 is 2.00 bits per heavy atom. The van der Waals surface area contributed by atoms with Crippen molar-refractivity contribution in [2.45, 2.75) is 45.7 Å². The first kappa shape index (κ1) is 18.6. The monoisotopic (exact) mass is 371 g/mol. The lowest BCUT2D eigenvalue weighted by Gasteiger charge is -2.27. The van der Waals surface area contributed by atoms with Gasteiger partial charge in [0, 0.05) is 24.4 Å². The lowest BCUT2D eigenvalue weighted by atomic mass is 10.2. The molecule has 0 radical (unpaired) electrons. The molecule has 1 aromatic heterocycles. The molecule has 1 aliphatic heterocycles. The molecule has 0 N–H and O–H groups in total. The zero-order valence-corrected chi connectivity index (χ0v) is 16.0. The van der Waals surface area contributed by atoms with E-state index in [9.17, 15) is 9.59 Å². The molecule has 6 heteroatoms. The van der Waals surface area contributed by atoms with Gasteiger partial charge in [-0.05, 0) is 25.3 Å². The summed E-state index contributed by atoms with van der Waals surface area (Å²) in [4.78, 5) is 34.2. The smallest absolute Gasteiger partial charge is 0.242 e. The molecule has 0 atom stereocenters. The number of rotatable bonds is 6. The van der Waals surface area contributed by atoms with Gasteiger partial charge in [0.05, 0.1) is 24.3 Å². The SMILES string of the molecule is Cc1ncsc1CN(Cc1ccccc1)C(=O)CN1CCCCCC1=O. The van der Waals surface area contributed by atoms with Gasteiger partial charge in [-0.3, -0.25) is 9.59 Å². The molecule has 1 fully saturated rings. The van der Waals surface area contributed by atoms with Crippen molar-refractivity contribution in [2.24, 2.45) is 0 Å². The van der Waals surface area contributed by atoms with E-state index in [1.807, 2.05) is 47.7 Å². The molecule has 2 amide bonds. The van der Waals surface area contributed by atoms with Crippen LogP contribution in [-0.2, 0) is 22.7 Å². The summed E-state index contributed by atoms with van der Waals surface area (Å²) >= 11 is 1.57. The fourth-order valence-corrected chi connectivity index (χ4v) is 3.95. The second kappa shape index (κ2) is 8.94. The minimum atomic E-state index is -0.00287. The van der Waals surface area contributed by atoms with Crippen LogP contribution in [0.5, 0.6) is 0 Å². The van der Waals surface area contributed by atoms with Crippen molar-refractivity contribution < 1.29 is 9.59 Å². The average Bonchev–Trinajstić information content (AvgIpc) is 2.93. The Bertz CT molecular complexity index is 745. The molecule has 0 spiro atoms. The van der Waals surface area contributed by atoms with Gasteiger partial charge in [0.25, 0.3) is 0 Å². The van der Waals surface area contributed by atoms with E-state index >= 15 is 0 Å². The third-order valence-corrected chi connectivity index (χ3v) is 5.67. The molecule has 5 nitrogen and oxygen atoms in total. The van der Waals surface area contributed by atoms with Gasteiger partial charge in [-0.25, -0.2) is 4.98 Å². The third kappa shape index (κ3) is 4.91. The van der Waals surface area contributed by atoms with Crippen LogP contribution < -0.4 is 0 Å². The first-order valence-electron chi connectivity index (χ1n) is 9.12. The number of benzene rings is 1. The van der Waals surface area contributed by atoms with Crippen LogP contribution >= 0.6 is 11.3 Å². The highest BCUT2D eigenvalue weighted by Gasteiger charge is 2.23. The van der Waals surface area contributed by atoms with E-state index in [2.05, 4.69) is 4.98 Å². The zero-order chi connectivity index (χ0) is 18.4. The molecule has 26 heavy (non-hydrogen) atoms. The van der Waals surface area contributed by atoms with Crippen LogP contribution in [0.4, 0.5) is 0 Å². The topological polar surface area (TPSA) is 53.5 Å². The first-order chi connectivity index (χ1) is 12.6. The Balaban J connectivity index is 1.73. The van der Waals surface area contributed by atoms with E-state index in [0.29, 0.717) is 26.1 Å². The van der Waals surface area contributed by atoms with E-state index in [4.69, 9.17) is 0 Å². The van der Waals surface area contributed by atoms with Crippen molar-refractivity contribution in [1.82, 2.24) is 14.8 Å². The van der Waals surface area contributed by atoms with Crippen LogP contribution in [0.1, 0.15) is 41.8 Å². The number of hydrogen-bond donors (Lipinski definition) is 0. The number of carbonyl (C=O) groups excluding carboxylic acids is 2. The summed E-state index contributed by atoms with van der Waals surface area (Å²) in [5, 5.41) is 0. The number of hydrogen-bond acceptors (Lipinski definition) is 4. The largest absolute Gasteiger partial charge is 0.333 e. The molecular weight excluding hydrogens is 346 g/mol. The molecule has 0 saturated carbocycles. The highest BCUT2D eigenvalue weighted by molar-refractivity contribution is 7.09. The standard InChI is InChI=1S/C20H25N3O2S/c1-16-18(26-15-21-16)13-23(12-17-8-4-2-5-9-17)20(25)14-22-11-7-3-6-10-19(22)24/h2,4-5,8-9,15H,3,6-7,10-14H2,1H3. The molecular formula is C20H25N3O2S. The molecule has 2 aromatic rings. The quantitative estimate of drug-likeness (QED) is 0.782. The molecule has 1 saturated heterocycles. The Hall–Kier alpha value is -2.21. The van der Waals surface area contributed by atoms with E-state index in [0.717, 1.165) is 35.4 Å². The maximum atomic E-state index is 13.0. The predicted octanol–water partition coefficient (Wildman–Crippen LogP) is 3.38. The van der Waals surface area contributed by atoms with Crippen molar-refractivity contribution in [1.29, 1.82) is 0 Å². The van der Waals surface area contributed by atoms with Crippen LogP contribution in [0, 0.1) is 6.92 Å². The third-order valence-electron chi connectivity index (χ3n) is 4.75. The molecule has 3 rings (SSSR count). The van der Waals surface area contributed by atoms with Crippen molar-refractivity contribution >= 4 is 23.2 Å². The number of aromatic nitrogens is 1. The fraction of sp³-hybridized carbons (Fsp3) is 0.450. The van der Waals surface area contributed by atoms with Crippen LogP contribution in [0.2, 0.25) is 0 Å². The fourth-order valence-electron chi connectivity index (χ4n) is 3.16. The van der Waals surface area contributed by atoms with Crippen molar-refractivity contribution in [3.05, 3.63) is 52.0 Å². The van der Waals surface area contributed by atoms with Crippen molar-refractivity contribution in [2.75, 3.05) is 13.1 Å². The van der Waals surface area contributed by atoms with Crippen molar-refractivity contribution in [3.8, 4) is 0 Å². The lowest BCUT2D eigenvalue weighted by Crippen LogP contribution is -2.42. The van der Waals surface area contributed by atoms with Gasteiger partial charge in [0.15, 0.2) is 0 Å². The zero-order valence-electron chi connectivity index (χ0n) is 15.2. The Labute approximate surface area is 158 Å². The number of carbonyl (C=O) groups is 2. The van der Waals surface area contributed by atoms with E-state index in [1.165, 1.54) is 0 Å². The van der Waals surface area contributed by atoms with Gasteiger partial charge in [-0.15, -0.1) is 11.3 Å².